The number of aliphatic hydroxyl groups excluding tert-OH is 1. The van der Waals surface area contributed by atoms with E-state index in [1.165, 1.54) is 6.33 Å². The Hall–Kier alpha value is -4.39. The number of aromatic nitrogens is 5. The van der Waals surface area contributed by atoms with Crippen molar-refractivity contribution in [3.05, 3.63) is 84.1 Å². The van der Waals surface area contributed by atoms with Gasteiger partial charge in [0.2, 0.25) is 0 Å². The van der Waals surface area contributed by atoms with Crippen LogP contribution < -0.4 is 15.4 Å². The van der Waals surface area contributed by atoms with Crippen molar-refractivity contribution in [3.63, 3.8) is 0 Å². The number of anilines is 1. The van der Waals surface area contributed by atoms with Gasteiger partial charge in [0, 0.05) is 44.3 Å². The third-order valence-electron chi connectivity index (χ3n) is 7.07. The van der Waals surface area contributed by atoms with E-state index in [0.717, 1.165) is 55.1 Å². The van der Waals surface area contributed by atoms with Crippen LogP contribution in [0.15, 0.2) is 67.1 Å². The standard InChI is InChI=1S/C33H43N7O5/c1-25(26-9-7-12-29(22-26)45-19-5-3-4-16-43-17-8-18-44-20-15-41)37-33(42)27-10-6-11-28(21-27)35-23-31-38-39-32(40(31)2)30-13-14-34-24-36-30/h6-7,9-14,21-22,24-25,35,41H,3-5,8,15-20,23H2,1-2H3,(H,37,42)/t25-/m1/s1. The van der Waals surface area contributed by atoms with Crippen molar-refractivity contribution in [2.75, 3.05) is 45.0 Å². The second-order valence-electron chi connectivity index (χ2n) is 10.5. The molecule has 1 atom stereocenters. The van der Waals surface area contributed by atoms with Gasteiger partial charge in [-0.05, 0) is 74.6 Å². The maximum Gasteiger partial charge on any atom is 0.251 e. The number of carbonyl (C=O) groups is 1. The zero-order valence-corrected chi connectivity index (χ0v) is 26.0. The number of nitrogens with zero attached hydrogens (tertiary/aromatic N) is 5. The first-order valence-electron chi connectivity index (χ1n) is 15.3. The molecule has 0 aliphatic rings. The number of benzene rings is 2. The minimum atomic E-state index is -0.206. The van der Waals surface area contributed by atoms with Crippen LogP contribution in [-0.4, -0.2) is 75.4 Å². The number of ether oxygens (including phenoxy) is 3. The summed E-state index contributed by atoms with van der Waals surface area (Å²) in [6.07, 6.45) is 6.91. The average molecular weight is 618 g/mol. The summed E-state index contributed by atoms with van der Waals surface area (Å²) in [6, 6.07) is 16.8. The van der Waals surface area contributed by atoms with Crippen LogP contribution in [0.25, 0.3) is 11.5 Å². The number of hydrogen-bond acceptors (Lipinski definition) is 10. The van der Waals surface area contributed by atoms with Gasteiger partial charge in [0.25, 0.3) is 5.91 Å². The summed E-state index contributed by atoms with van der Waals surface area (Å²) < 4.78 is 18.7. The molecule has 12 nitrogen and oxygen atoms in total. The van der Waals surface area contributed by atoms with E-state index in [0.29, 0.717) is 50.1 Å². The molecule has 0 saturated heterocycles. The van der Waals surface area contributed by atoms with Crippen LogP contribution in [0.2, 0.25) is 0 Å². The fourth-order valence-corrected chi connectivity index (χ4v) is 4.55. The number of hydrogen-bond donors (Lipinski definition) is 3. The number of nitrogens with one attached hydrogen (secondary N) is 2. The molecule has 240 valence electrons. The van der Waals surface area contributed by atoms with E-state index < -0.39 is 0 Å². The molecule has 12 heteroatoms. The summed E-state index contributed by atoms with van der Waals surface area (Å²) in [6.45, 7) is 5.44. The van der Waals surface area contributed by atoms with Crippen LogP contribution >= 0.6 is 0 Å². The van der Waals surface area contributed by atoms with Crippen molar-refractivity contribution in [2.45, 2.75) is 45.2 Å². The van der Waals surface area contributed by atoms with Gasteiger partial charge < -0.3 is 34.5 Å². The number of aliphatic hydroxyl groups is 1. The number of carbonyl (C=O) groups excluding carboxylic acids is 1. The normalized spacial score (nSPS) is 11.7. The van der Waals surface area contributed by atoms with E-state index in [1.54, 1.807) is 18.3 Å². The molecule has 0 bridgehead atoms. The van der Waals surface area contributed by atoms with Crippen molar-refractivity contribution >= 4 is 11.6 Å². The lowest BCUT2D eigenvalue weighted by Crippen LogP contribution is -2.26. The largest absolute Gasteiger partial charge is 0.494 e. The molecule has 4 rings (SSSR count). The Morgan fingerprint density at radius 2 is 1.73 bits per heavy atom. The molecule has 2 heterocycles. The molecular weight excluding hydrogens is 574 g/mol. The minimum absolute atomic E-state index is 0.0539. The molecule has 0 fully saturated rings. The van der Waals surface area contributed by atoms with Crippen LogP contribution in [0.3, 0.4) is 0 Å². The van der Waals surface area contributed by atoms with Gasteiger partial charge in [-0.15, -0.1) is 10.2 Å². The van der Waals surface area contributed by atoms with Gasteiger partial charge in [0.15, 0.2) is 11.6 Å². The Morgan fingerprint density at radius 3 is 2.56 bits per heavy atom. The van der Waals surface area contributed by atoms with E-state index in [-0.39, 0.29) is 18.6 Å². The van der Waals surface area contributed by atoms with E-state index in [9.17, 15) is 4.79 Å². The zero-order chi connectivity index (χ0) is 31.7. The molecule has 2 aromatic carbocycles. The Balaban J connectivity index is 1.18. The first kappa shape index (κ1) is 33.5. The highest BCUT2D eigenvalue weighted by Crippen LogP contribution is 2.21. The molecule has 2 aromatic heterocycles. The molecule has 0 spiro atoms. The average Bonchev–Trinajstić information content (AvgIpc) is 3.44. The topological polar surface area (TPSA) is 146 Å². The highest BCUT2D eigenvalue weighted by atomic mass is 16.5. The first-order chi connectivity index (χ1) is 22.0. The third kappa shape index (κ3) is 10.9. The second-order valence-corrected chi connectivity index (χ2v) is 10.5. The van der Waals surface area contributed by atoms with Crippen LogP contribution in [0, 0.1) is 0 Å². The Labute approximate surface area is 264 Å². The Kier molecular flexibility index (Phi) is 13.7. The van der Waals surface area contributed by atoms with Crippen LogP contribution in [-0.2, 0) is 23.1 Å². The maximum absolute atomic E-state index is 13.1. The Morgan fingerprint density at radius 1 is 0.933 bits per heavy atom. The lowest BCUT2D eigenvalue weighted by atomic mass is 10.1. The highest BCUT2D eigenvalue weighted by Gasteiger charge is 2.14. The fourth-order valence-electron chi connectivity index (χ4n) is 4.55. The molecule has 0 aliphatic heterocycles. The van der Waals surface area contributed by atoms with Gasteiger partial charge in [0.05, 0.1) is 32.4 Å². The van der Waals surface area contributed by atoms with Crippen LogP contribution in [0.5, 0.6) is 5.75 Å². The molecule has 1 amide bonds. The second kappa shape index (κ2) is 18.4. The monoisotopic (exact) mass is 617 g/mol. The first-order valence-corrected chi connectivity index (χ1v) is 15.3. The van der Waals surface area contributed by atoms with Crippen LogP contribution in [0.1, 0.15) is 60.4 Å². The molecular formula is C33H43N7O5. The lowest BCUT2D eigenvalue weighted by Gasteiger charge is -2.16. The van der Waals surface area contributed by atoms with Crippen molar-refractivity contribution in [2.24, 2.45) is 7.05 Å². The van der Waals surface area contributed by atoms with Gasteiger partial charge in [-0.1, -0.05) is 18.2 Å². The molecule has 0 radical (unpaired) electrons. The smallest absolute Gasteiger partial charge is 0.251 e. The molecule has 0 saturated carbocycles. The summed E-state index contributed by atoms with van der Waals surface area (Å²) in [5.74, 6) is 2.00. The summed E-state index contributed by atoms with van der Waals surface area (Å²) in [5, 5.41) is 23.6. The van der Waals surface area contributed by atoms with Crippen molar-refractivity contribution < 1.29 is 24.1 Å². The van der Waals surface area contributed by atoms with Crippen molar-refractivity contribution in [1.29, 1.82) is 0 Å². The van der Waals surface area contributed by atoms with Gasteiger partial charge in [-0.25, -0.2) is 9.97 Å². The zero-order valence-electron chi connectivity index (χ0n) is 26.0. The molecule has 0 aliphatic carbocycles. The SMILES string of the molecule is C[C@@H](NC(=O)c1cccc(NCc2nnc(-c3ccncn3)n2C)c1)c1cccc(OCCCCCOCCCOCCO)c1. The van der Waals surface area contributed by atoms with E-state index in [4.69, 9.17) is 19.3 Å². The van der Waals surface area contributed by atoms with Gasteiger partial charge in [-0.2, -0.15) is 0 Å². The predicted octanol–water partition coefficient (Wildman–Crippen LogP) is 4.34. The van der Waals surface area contributed by atoms with E-state index in [1.807, 2.05) is 61.0 Å². The lowest BCUT2D eigenvalue weighted by molar-refractivity contribution is 0.0628. The third-order valence-corrected chi connectivity index (χ3v) is 7.07. The Bertz CT molecular complexity index is 1450. The fraction of sp³-hybridized carbons (Fsp3) is 0.424. The number of unbranched alkanes of at least 4 members (excludes halogenated alkanes) is 2. The number of amides is 1. The summed E-state index contributed by atoms with van der Waals surface area (Å²) >= 11 is 0. The van der Waals surface area contributed by atoms with Gasteiger partial charge in [-0.3, -0.25) is 4.79 Å². The number of rotatable bonds is 20. The van der Waals surface area contributed by atoms with Crippen molar-refractivity contribution in [3.8, 4) is 17.3 Å². The molecule has 45 heavy (non-hydrogen) atoms. The maximum atomic E-state index is 13.1. The van der Waals surface area contributed by atoms with Gasteiger partial charge >= 0.3 is 0 Å². The summed E-state index contributed by atoms with van der Waals surface area (Å²) in [5.41, 5.74) is 3.02. The van der Waals surface area contributed by atoms with E-state index in [2.05, 4.69) is 30.8 Å². The molecule has 4 aromatic rings. The summed E-state index contributed by atoms with van der Waals surface area (Å²) in [7, 11) is 1.89. The van der Waals surface area contributed by atoms with Gasteiger partial charge in [0.1, 0.15) is 17.8 Å². The molecule has 3 N–H and O–H groups in total. The van der Waals surface area contributed by atoms with Crippen LogP contribution in [0.4, 0.5) is 5.69 Å². The quantitative estimate of drug-likeness (QED) is 0.122. The molecule has 0 unspecified atom stereocenters. The predicted molar refractivity (Wildman–Crippen MR) is 171 cm³/mol. The van der Waals surface area contributed by atoms with E-state index >= 15 is 0 Å². The minimum Gasteiger partial charge on any atom is -0.494 e. The highest BCUT2D eigenvalue weighted by molar-refractivity contribution is 5.95. The summed E-state index contributed by atoms with van der Waals surface area (Å²) in [4.78, 5) is 21.3. The van der Waals surface area contributed by atoms with Crippen molar-refractivity contribution in [1.82, 2.24) is 30.0 Å².